The Balaban J connectivity index is 1.57. The average molecular weight is 693 g/mol. The highest BCUT2D eigenvalue weighted by molar-refractivity contribution is 5.88. The Bertz CT molecular complexity index is 1430. The highest BCUT2D eigenvalue weighted by Gasteiger charge is 2.46. The van der Waals surface area contributed by atoms with E-state index in [1.165, 1.54) is 0 Å². The minimum absolute atomic E-state index is 0.00987. The standard InChI is InChI=1S/C37H52N6O7/c1-5-12-31(45)42-22-21-26-17-19-29(43(26)35(48)28(23-42)40-36(49)50-37(2,3)4)34(47)39-27(18-20-30(38)44)33(46)41-32(24-13-8-6-9-14-24)25-15-10-7-11-16-25/h6-11,13-16,26-29,32,34,39,47H,5,12,17-23H2,1-4H3,(H2,38,44)(H,40,49)(H,41,46)/t26-,27+,28+,29+,34?/m1/s1. The summed E-state index contributed by atoms with van der Waals surface area (Å²) in [7, 11) is 0. The van der Waals surface area contributed by atoms with E-state index < -0.39 is 59.8 Å². The molecule has 0 spiro atoms. The van der Waals surface area contributed by atoms with Gasteiger partial charge in [-0.1, -0.05) is 67.6 Å². The third-order valence-electron chi connectivity index (χ3n) is 9.03. The van der Waals surface area contributed by atoms with Crippen LogP contribution in [-0.2, 0) is 23.9 Å². The normalized spacial score (nSPS) is 20.7. The zero-order valence-corrected chi connectivity index (χ0v) is 29.5. The smallest absolute Gasteiger partial charge is 0.408 e. The summed E-state index contributed by atoms with van der Waals surface area (Å²) in [6.07, 6.45) is 0.153. The number of amides is 5. The number of carbonyl (C=O) groups excluding carboxylic acids is 5. The van der Waals surface area contributed by atoms with E-state index >= 15 is 0 Å². The summed E-state index contributed by atoms with van der Waals surface area (Å²) in [6, 6.07) is 15.2. The summed E-state index contributed by atoms with van der Waals surface area (Å²) < 4.78 is 5.44. The van der Waals surface area contributed by atoms with E-state index in [4.69, 9.17) is 10.5 Å². The van der Waals surface area contributed by atoms with Crippen molar-refractivity contribution in [2.75, 3.05) is 13.1 Å². The van der Waals surface area contributed by atoms with Crippen LogP contribution in [0.1, 0.15) is 89.8 Å². The maximum absolute atomic E-state index is 14.3. The predicted octanol–water partition coefficient (Wildman–Crippen LogP) is 2.72. The molecule has 2 aliphatic rings. The lowest BCUT2D eigenvalue weighted by molar-refractivity contribution is -0.144. The Kier molecular flexibility index (Phi) is 13.4. The first-order chi connectivity index (χ1) is 23.8. The number of ether oxygens (including phenoxy) is 1. The summed E-state index contributed by atoms with van der Waals surface area (Å²) in [6.45, 7) is 7.38. The molecule has 50 heavy (non-hydrogen) atoms. The number of carbonyl (C=O) groups is 5. The molecule has 0 saturated carbocycles. The molecule has 2 heterocycles. The van der Waals surface area contributed by atoms with Crippen molar-refractivity contribution >= 4 is 29.7 Å². The quantitative estimate of drug-likeness (QED) is 0.199. The molecule has 272 valence electrons. The van der Waals surface area contributed by atoms with Gasteiger partial charge in [0.1, 0.15) is 17.9 Å². The lowest BCUT2D eigenvalue weighted by Crippen LogP contribution is -2.63. The maximum Gasteiger partial charge on any atom is 0.408 e. The van der Waals surface area contributed by atoms with Crippen molar-refractivity contribution in [2.45, 2.75) is 115 Å². The fourth-order valence-electron chi connectivity index (χ4n) is 6.67. The molecule has 1 unspecified atom stereocenters. The van der Waals surface area contributed by atoms with Crippen LogP contribution in [0.4, 0.5) is 4.79 Å². The number of aliphatic hydroxyl groups excluding tert-OH is 1. The largest absolute Gasteiger partial charge is 0.444 e. The van der Waals surface area contributed by atoms with E-state index in [-0.39, 0.29) is 31.3 Å². The first kappa shape index (κ1) is 38.3. The number of rotatable bonds is 13. The van der Waals surface area contributed by atoms with Gasteiger partial charge in [-0.15, -0.1) is 0 Å². The Morgan fingerprint density at radius 3 is 2.14 bits per heavy atom. The van der Waals surface area contributed by atoms with Crippen LogP contribution in [0.3, 0.4) is 0 Å². The SMILES string of the molecule is CCCC(=O)N1CC[C@H]2CC[C@@H](C(O)N[C@@H](CCC(N)=O)C(=O)NC(c3ccccc3)c3ccccc3)N2C(=O)[C@@H](NC(=O)OC(C)(C)C)C1. The molecule has 6 N–H and O–H groups in total. The molecule has 2 aromatic rings. The van der Waals surface area contributed by atoms with E-state index in [0.717, 1.165) is 11.1 Å². The van der Waals surface area contributed by atoms with E-state index in [1.807, 2.05) is 67.6 Å². The van der Waals surface area contributed by atoms with Gasteiger partial charge in [0.05, 0.1) is 24.7 Å². The molecule has 0 radical (unpaired) electrons. The molecule has 0 bridgehead atoms. The van der Waals surface area contributed by atoms with Crippen molar-refractivity contribution in [2.24, 2.45) is 5.73 Å². The van der Waals surface area contributed by atoms with Gasteiger partial charge in [0.2, 0.25) is 23.6 Å². The maximum atomic E-state index is 14.3. The number of hydrogen-bond donors (Lipinski definition) is 5. The lowest BCUT2D eigenvalue weighted by atomic mass is 9.98. The van der Waals surface area contributed by atoms with Crippen LogP contribution < -0.4 is 21.7 Å². The number of nitrogens with zero attached hydrogens (tertiary/aromatic N) is 2. The number of nitrogens with one attached hydrogen (secondary N) is 3. The number of alkyl carbamates (subject to hydrolysis) is 1. The highest BCUT2D eigenvalue weighted by Crippen LogP contribution is 2.31. The molecule has 0 aliphatic carbocycles. The second-order valence-corrected chi connectivity index (χ2v) is 14.1. The van der Waals surface area contributed by atoms with Gasteiger partial charge < -0.3 is 36.0 Å². The third kappa shape index (κ3) is 10.5. The van der Waals surface area contributed by atoms with Gasteiger partial charge in [0, 0.05) is 25.4 Å². The van der Waals surface area contributed by atoms with Gasteiger partial charge in [-0.2, -0.15) is 0 Å². The van der Waals surface area contributed by atoms with Gasteiger partial charge >= 0.3 is 6.09 Å². The molecule has 4 rings (SSSR count). The van der Waals surface area contributed by atoms with E-state index in [1.54, 1.807) is 30.6 Å². The van der Waals surface area contributed by atoms with Gasteiger partial charge in [0.25, 0.3) is 0 Å². The minimum atomic E-state index is -1.36. The second-order valence-electron chi connectivity index (χ2n) is 14.1. The van der Waals surface area contributed by atoms with Gasteiger partial charge in [0.15, 0.2) is 0 Å². The molecule has 5 amide bonds. The molecule has 2 aliphatic heterocycles. The van der Waals surface area contributed by atoms with Crippen molar-refractivity contribution in [1.82, 2.24) is 25.8 Å². The van der Waals surface area contributed by atoms with Crippen LogP contribution in [0.15, 0.2) is 60.7 Å². The van der Waals surface area contributed by atoms with Gasteiger partial charge in [-0.25, -0.2) is 4.79 Å². The molecule has 0 aromatic heterocycles. The lowest BCUT2D eigenvalue weighted by Gasteiger charge is -2.40. The van der Waals surface area contributed by atoms with Crippen molar-refractivity contribution in [3.8, 4) is 0 Å². The zero-order valence-electron chi connectivity index (χ0n) is 29.5. The zero-order chi connectivity index (χ0) is 36.4. The van der Waals surface area contributed by atoms with E-state index in [2.05, 4.69) is 16.0 Å². The van der Waals surface area contributed by atoms with Crippen molar-refractivity contribution in [1.29, 1.82) is 0 Å². The summed E-state index contributed by atoms with van der Waals surface area (Å²) in [5.74, 6) is -1.61. The van der Waals surface area contributed by atoms with Crippen LogP contribution >= 0.6 is 0 Å². The first-order valence-corrected chi connectivity index (χ1v) is 17.5. The van der Waals surface area contributed by atoms with Crippen LogP contribution in [0, 0.1) is 0 Å². The topological polar surface area (TPSA) is 183 Å². The molecule has 5 atom stereocenters. The van der Waals surface area contributed by atoms with Crippen molar-refractivity contribution < 1.29 is 33.8 Å². The Morgan fingerprint density at radius 1 is 0.960 bits per heavy atom. The van der Waals surface area contributed by atoms with Crippen LogP contribution in [-0.4, -0.2) is 93.7 Å². The Hall–Kier alpha value is -4.49. The molecule has 2 fully saturated rings. The van der Waals surface area contributed by atoms with Crippen molar-refractivity contribution in [3.63, 3.8) is 0 Å². The summed E-state index contributed by atoms with van der Waals surface area (Å²) in [5.41, 5.74) is 6.36. The van der Waals surface area contributed by atoms with Crippen molar-refractivity contribution in [3.05, 3.63) is 71.8 Å². The number of aliphatic hydroxyl groups is 1. The highest BCUT2D eigenvalue weighted by atomic mass is 16.6. The van der Waals surface area contributed by atoms with Crippen LogP contribution in [0.25, 0.3) is 0 Å². The molecule has 2 saturated heterocycles. The summed E-state index contributed by atoms with van der Waals surface area (Å²) in [5, 5.41) is 20.4. The van der Waals surface area contributed by atoms with Crippen LogP contribution in [0.5, 0.6) is 0 Å². The molecular weight excluding hydrogens is 640 g/mol. The third-order valence-corrected chi connectivity index (χ3v) is 9.03. The fraction of sp³-hybridized carbons (Fsp3) is 0.541. The second kappa shape index (κ2) is 17.4. The number of fused-ring (bicyclic) bond motifs is 1. The number of benzene rings is 2. The fourth-order valence-corrected chi connectivity index (χ4v) is 6.67. The molecule has 2 aromatic carbocycles. The average Bonchev–Trinajstić information content (AvgIpc) is 3.49. The minimum Gasteiger partial charge on any atom is -0.444 e. The number of primary amides is 1. The monoisotopic (exact) mass is 692 g/mol. The van der Waals surface area contributed by atoms with Gasteiger partial charge in [-0.05, 0) is 64.0 Å². The van der Waals surface area contributed by atoms with E-state index in [0.29, 0.717) is 38.6 Å². The number of nitrogens with two attached hydrogens (primary N) is 1. The molecule has 13 heteroatoms. The summed E-state index contributed by atoms with van der Waals surface area (Å²) in [4.78, 5) is 69.1. The first-order valence-electron chi connectivity index (χ1n) is 17.5. The Labute approximate surface area is 294 Å². The van der Waals surface area contributed by atoms with E-state index in [9.17, 15) is 29.1 Å². The molecular formula is C37H52N6O7. The summed E-state index contributed by atoms with van der Waals surface area (Å²) >= 11 is 0. The Morgan fingerprint density at radius 2 is 1.58 bits per heavy atom. The molecule has 13 nitrogen and oxygen atoms in total. The van der Waals surface area contributed by atoms with Crippen LogP contribution in [0.2, 0.25) is 0 Å². The van der Waals surface area contributed by atoms with Gasteiger partial charge in [-0.3, -0.25) is 24.5 Å². The number of hydrogen-bond acceptors (Lipinski definition) is 8. The predicted molar refractivity (Wildman–Crippen MR) is 187 cm³/mol.